The molecule has 0 atom stereocenters. The van der Waals surface area contributed by atoms with Crippen molar-refractivity contribution in [3.8, 4) is 5.75 Å². The van der Waals surface area contributed by atoms with E-state index in [0.29, 0.717) is 11.3 Å². The summed E-state index contributed by atoms with van der Waals surface area (Å²) in [6.45, 7) is -0.0900. The van der Waals surface area contributed by atoms with Gasteiger partial charge in [-0.05, 0) is 47.2 Å². The normalized spacial score (nSPS) is 10.3. The van der Waals surface area contributed by atoms with Gasteiger partial charge >= 0.3 is 0 Å². The molecule has 114 valence electrons. The maximum atomic E-state index is 12.0. The summed E-state index contributed by atoms with van der Waals surface area (Å²) in [6, 6.07) is 20.3. The van der Waals surface area contributed by atoms with E-state index >= 15 is 0 Å². The Labute approximate surface area is 133 Å². The third-order valence-corrected chi connectivity index (χ3v) is 3.42. The maximum absolute atomic E-state index is 12.0. The van der Waals surface area contributed by atoms with Crippen molar-refractivity contribution in [2.75, 3.05) is 11.9 Å². The molecule has 3 aromatic rings. The summed E-state index contributed by atoms with van der Waals surface area (Å²) in [7, 11) is 0. The number of carbonyl (C=O) groups is 2. The van der Waals surface area contributed by atoms with Gasteiger partial charge in [-0.3, -0.25) is 9.59 Å². The minimum atomic E-state index is -0.236. The molecule has 0 aliphatic carbocycles. The number of ether oxygens (including phenoxy) is 1. The molecule has 0 aliphatic heterocycles. The summed E-state index contributed by atoms with van der Waals surface area (Å²) in [5.41, 5.74) is 1.30. The highest BCUT2D eigenvalue weighted by Gasteiger charge is 2.04. The van der Waals surface area contributed by atoms with Crippen molar-refractivity contribution >= 4 is 28.7 Å². The molecule has 0 saturated carbocycles. The predicted octanol–water partition coefficient (Wildman–Crippen LogP) is 3.67. The van der Waals surface area contributed by atoms with E-state index in [-0.39, 0.29) is 12.5 Å². The molecule has 23 heavy (non-hydrogen) atoms. The molecule has 0 unspecified atom stereocenters. The van der Waals surface area contributed by atoms with Crippen LogP contribution in [0.2, 0.25) is 0 Å². The number of aldehydes is 1. The first kappa shape index (κ1) is 14.8. The van der Waals surface area contributed by atoms with Crippen LogP contribution in [0.1, 0.15) is 10.4 Å². The Bertz CT molecular complexity index is 841. The van der Waals surface area contributed by atoms with Gasteiger partial charge < -0.3 is 10.1 Å². The number of hydrogen-bond acceptors (Lipinski definition) is 3. The van der Waals surface area contributed by atoms with Crippen molar-refractivity contribution < 1.29 is 14.3 Å². The average molecular weight is 305 g/mol. The smallest absolute Gasteiger partial charge is 0.262 e. The molecule has 0 aromatic heterocycles. The monoisotopic (exact) mass is 305 g/mol. The van der Waals surface area contributed by atoms with Crippen molar-refractivity contribution in [3.05, 3.63) is 72.3 Å². The Hall–Kier alpha value is -3.14. The summed E-state index contributed by atoms with van der Waals surface area (Å²) < 4.78 is 5.40. The van der Waals surface area contributed by atoms with E-state index in [9.17, 15) is 9.59 Å². The zero-order valence-electron chi connectivity index (χ0n) is 12.4. The van der Waals surface area contributed by atoms with E-state index in [0.717, 1.165) is 22.7 Å². The fraction of sp³-hybridized carbons (Fsp3) is 0.0526. The fourth-order valence-corrected chi connectivity index (χ4v) is 2.26. The molecule has 0 spiro atoms. The van der Waals surface area contributed by atoms with Gasteiger partial charge in [0.05, 0.1) is 0 Å². The lowest BCUT2D eigenvalue weighted by atomic mass is 10.1. The number of nitrogens with one attached hydrogen (secondary N) is 1. The zero-order valence-corrected chi connectivity index (χ0v) is 12.4. The standard InChI is InChI=1S/C19H15NO3/c21-12-14-5-9-18(10-6-14)23-13-19(22)20-17-8-7-15-3-1-2-4-16(15)11-17/h1-12H,13H2,(H,20,22). The van der Waals surface area contributed by atoms with Crippen LogP contribution in [0, 0.1) is 0 Å². The van der Waals surface area contributed by atoms with Gasteiger partial charge in [0.1, 0.15) is 12.0 Å². The molecule has 4 nitrogen and oxygen atoms in total. The number of amides is 1. The Kier molecular flexibility index (Phi) is 4.34. The van der Waals surface area contributed by atoms with E-state index in [1.165, 1.54) is 0 Å². The van der Waals surface area contributed by atoms with Crippen molar-refractivity contribution in [1.29, 1.82) is 0 Å². The molecule has 0 saturated heterocycles. The lowest BCUT2D eigenvalue weighted by Gasteiger charge is -2.08. The number of hydrogen-bond donors (Lipinski definition) is 1. The summed E-state index contributed by atoms with van der Waals surface area (Å²) in [5.74, 6) is 0.309. The van der Waals surface area contributed by atoms with Crippen LogP contribution in [0.4, 0.5) is 5.69 Å². The van der Waals surface area contributed by atoms with Gasteiger partial charge in [0, 0.05) is 11.3 Å². The van der Waals surface area contributed by atoms with Crippen LogP contribution in [-0.2, 0) is 4.79 Å². The van der Waals surface area contributed by atoms with Crippen LogP contribution in [0.3, 0.4) is 0 Å². The van der Waals surface area contributed by atoms with Crippen molar-refractivity contribution in [1.82, 2.24) is 0 Å². The lowest BCUT2D eigenvalue weighted by Crippen LogP contribution is -2.20. The summed E-state index contributed by atoms with van der Waals surface area (Å²) in [5, 5.41) is 4.99. The highest BCUT2D eigenvalue weighted by atomic mass is 16.5. The molecule has 3 aromatic carbocycles. The number of benzene rings is 3. The number of fused-ring (bicyclic) bond motifs is 1. The van der Waals surface area contributed by atoms with Gasteiger partial charge in [0.25, 0.3) is 5.91 Å². The second-order valence-electron chi connectivity index (χ2n) is 5.09. The van der Waals surface area contributed by atoms with Gasteiger partial charge in [-0.2, -0.15) is 0 Å². The Morgan fingerprint density at radius 2 is 1.70 bits per heavy atom. The van der Waals surface area contributed by atoms with Gasteiger partial charge in [-0.15, -0.1) is 0 Å². The quantitative estimate of drug-likeness (QED) is 0.732. The van der Waals surface area contributed by atoms with Crippen molar-refractivity contribution in [2.45, 2.75) is 0 Å². The third-order valence-electron chi connectivity index (χ3n) is 3.42. The fourth-order valence-electron chi connectivity index (χ4n) is 2.26. The van der Waals surface area contributed by atoms with Gasteiger partial charge in [0.15, 0.2) is 6.61 Å². The van der Waals surface area contributed by atoms with Gasteiger partial charge in [-0.25, -0.2) is 0 Å². The summed E-state index contributed by atoms with van der Waals surface area (Å²) in [4.78, 5) is 22.5. The largest absolute Gasteiger partial charge is 0.484 e. The molecule has 0 fully saturated rings. The highest BCUT2D eigenvalue weighted by molar-refractivity contribution is 5.95. The third kappa shape index (κ3) is 3.74. The maximum Gasteiger partial charge on any atom is 0.262 e. The Morgan fingerprint density at radius 1 is 0.957 bits per heavy atom. The molecular weight excluding hydrogens is 290 g/mol. The van der Waals surface area contributed by atoms with E-state index in [1.807, 2.05) is 42.5 Å². The molecule has 3 rings (SSSR count). The van der Waals surface area contributed by atoms with E-state index < -0.39 is 0 Å². The van der Waals surface area contributed by atoms with Crippen LogP contribution in [0.15, 0.2) is 66.7 Å². The SMILES string of the molecule is O=Cc1ccc(OCC(=O)Nc2ccc3ccccc3c2)cc1. The van der Waals surface area contributed by atoms with Crippen LogP contribution < -0.4 is 10.1 Å². The van der Waals surface area contributed by atoms with E-state index in [2.05, 4.69) is 5.32 Å². The first-order chi connectivity index (χ1) is 11.2. The first-order valence-electron chi connectivity index (χ1n) is 7.21. The lowest BCUT2D eigenvalue weighted by molar-refractivity contribution is -0.118. The zero-order chi connectivity index (χ0) is 16.1. The topological polar surface area (TPSA) is 55.4 Å². The molecule has 4 heteroatoms. The minimum Gasteiger partial charge on any atom is -0.484 e. The average Bonchev–Trinajstić information content (AvgIpc) is 2.60. The van der Waals surface area contributed by atoms with E-state index in [4.69, 9.17) is 4.74 Å². The van der Waals surface area contributed by atoms with Crippen LogP contribution in [0.5, 0.6) is 5.75 Å². The summed E-state index contributed by atoms with van der Waals surface area (Å²) in [6.07, 6.45) is 0.760. The van der Waals surface area contributed by atoms with Crippen molar-refractivity contribution in [2.24, 2.45) is 0 Å². The molecular formula is C19H15NO3. The highest BCUT2D eigenvalue weighted by Crippen LogP contribution is 2.19. The van der Waals surface area contributed by atoms with Gasteiger partial charge in [0.2, 0.25) is 0 Å². The van der Waals surface area contributed by atoms with Crippen LogP contribution in [-0.4, -0.2) is 18.8 Å². The molecule has 0 bridgehead atoms. The molecule has 0 radical (unpaired) electrons. The van der Waals surface area contributed by atoms with Crippen LogP contribution in [0.25, 0.3) is 10.8 Å². The van der Waals surface area contributed by atoms with Crippen molar-refractivity contribution in [3.63, 3.8) is 0 Å². The second kappa shape index (κ2) is 6.75. The number of rotatable bonds is 5. The number of anilines is 1. The molecule has 0 aliphatic rings. The Balaban J connectivity index is 1.60. The minimum absolute atomic E-state index is 0.0900. The molecule has 1 amide bonds. The number of carbonyl (C=O) groups excluding carboxylic acids is 2. The molecule has 1 N–H and O–H groups in total. The van der Waals surface area contributed by atoms with Gasteiger partial charge in [-0.1, -0.05) is 30.3 Å². The van der Waals surface area contributed by atoms with Crippen LogP contribution >= 0.6 is 0 Å². The first-order valence-corrected chi connectivity index (χ1v) is 7.21. The Morgan fingerprint density at radius 3 is 2.43 bits per heavy atom. The van der Waals surface area contributed by atoms with E-state index in [1.54, 1.807) is 24.3 Å². The second-order valence-corrected chi connectivity index (χ2v) is 5.09. The summed E-state index contributed by atoms with van der Waals surface area (Å²) >= 11 is 0. The predicted molar refractivity (Wildman–Crippen MR) is 89.9 cm³/mol. The molecule has 0 heterocycles.